The number of amides is 1. The first-order valence-electron chi connectivity index (χ1n) is 11.8. The average Bonchev–Trinajstić information content (AvgIpc) is 3.52. The van der Waals surface area contributed by atoms with E-state index in [1.54, 1.807) is 11.8 Å². The lowest BCUT2D eigenvalue weighted by atomic mass is 9.75. The number of thiazole rings is 1. The van der Waals surface area contributed by atoms with Gasteiger partial charge in [0, 0.05) is 26.8 Å². The molecule has 5 atom stereocenters. The van der Waals surface area contributed by atoms with E-state index in [2.05, 4.69) is 5.32 Å². The number of carbonyl (C=O) groups excluding carboxylic acids is 1. The van der Waals surface area contributed by atoms with Crippen molar-refractivity contribution in [3.63, 3.8) is 0 Å². The zero-order valence-corrected chi connectivity index (χ0v) is 21.3. The first-order chi connectivity index (χ1) is 17.2. The van der Waals surface area contributed by atoms with Gasteiger partial charge in [-0.2, -0.15) is 13.2 Å². The number of alkyl halides is 3. The maximum absolute atomic E-state index is 13.1. The van der Waals surface area contributed by atoms with E-state index in [0.717, 1.165) is 27.6 Å². The maximum atomic E-state index is 13.1. The molecule has 2 aliphatic carbocycles. The Balaban J connectivity index is 1.32. The van der Waals surface area contributed by atoms with E-state index in [4.69, 9.17) is 11.6 Å². The molecule has 3 aliphatic rings. The first kappa shape index (κ1) is 24.1. The van der Waals surface area contributed by atoms with Crippen LogP contribution in [0.3, 0.4) is 0 Å². The number of nitrogens with one attached hydrogen (secondary N) is 1. The van der Waals surface area contributed by atoms with E-state index in [1.807, 2.05) is 24.3 Å². The third kappa shape index (κ3) is 4.19. The van der Waals surface area contributed by atoms with Crippen molar-refractivity contribution in [2.75, 3.05) is 5.32 Å². The fraction of sp³-hybridized carbons (Fsp3) is 0.385. The quantitative estimate of drug-likeness (QED) is 0.385. The van der Waals surface area contributed by atoms with Crippen molar-refractivity contribution >= 4 is 46.3 Å². The summed E-state index contributed by atoms with van der Waals surface area (Å²) in [5.41, 5.74) is 0.339. The van der Waals surface area contributed by atoms with Crippen molar-refractivity contribution in [2.24, 2.45) is 17.8 Å². The third-order valence-corrected chi connectivity index (χ3v) is 10.8. The molecule has 1 amide bonds. The molecule has 3 aromatic rings. The minimum atomic E-state index is -4.51. The van der Waals surface area contributed by atoms with Crippen molar-refractivity contribution in [3.05, 3.63) is 79.2 Å². The van der Waals surface area contributed by atoms with Crippen molar-refractivity contribution in [3.8, 4) is 0 Å². The van der Waals surface area contributed by atoms with E-state index in [0.29, 0.717) is 28.0 Å². The van der Waals surface area contributed by atoms with Crippen LogP contribution in [0.15, 0.2) is 58.4 Å². The topological polar surface area (TPSA) is 51.1 Å². The lowest BCUT2D eigenvalue weighted by Crippen LogP contribution is -2.34. The van der Waals surface area contributed by atoms with Gasteiger partial charge in [0.25, 0.3) is 0 Å². The van der Waals surface area contributed by atoms with Crippen molar-refractivity contribution in [2.45, 2.75) is 48.2 Å². The fourth-order valence-electron chi connectivity index (χ4n) is 6.25. The average molecular weight is 551 g/mol. The van der Waals surface area contributed by atoms with Crippen molar-refractivity contribution in [1.82, 2.24) is 4.57 Å². The number of hydrogen-bond acceptors (Lipinski definition) is 4. The molecule has 1 N–H and O–H groups in total. The second-order valence-electron chi connectivity index (χ2n) is 9.77. The summed E-state index contributed by atoms with van der Waals surface area (Å²) in [6.45, 7) is -0.243. The summed E-state index contributed by atoms with van der Waals surface area (Å²) >= 11 is 9.04. The molecular formula is C26H22ClF3N2O2S2. The molecule has 36 heavy (non-hydrogen) atoms. The lowest BCUT2D eigenvalue weighted by Gasteiger charge is -2.40. The SMILES string of the molecule is O=C(Cn1c2c(sc1=O)[C@H](c1ccc(Cl)cc1)C1C3CCC(C3)C1S2)Nc1cccc(C(F)(F)F)c1. The summed E-state index contributed by atoms with van der Waals surface area (Å²) in [5.74, 6) is 1.19. The molecule has 1 aromatic heterocycles. The number of anilines is 1. The summed E-state index contributed by atoms with van der Waals surface area (Å²) in [5, 5.41) is 4.39. The summed E-state index contributed by atoms with van der Waals surface area (Å²) in [6, 6.07) is 12.3. The summed E-state index contributed by atoms with van der Waals surface area (Å²) in [4.78, 5) is 26.7. The molecule has 2 fully saturated rings. The van der Waals surface area contributed by atoms with Gasteiger partial charge < -0.3 is 5.32 Å². The van der Waals surface area contributed by atoms with E-state index < -0.39 is 17.6 Å². The van der Waals surface area contributed by atoms with Crippen LogP contribution in [0.25, 0.3) is 0 Å². The lowest BCUT2D eigenvalue weighted by molar-refractivity contribution is -0.137. The molecule has 6 rings (SSSR count). The number of nitrogens with zero attached hydrogens (tertiary/aromatic N) is 1. The van der Waals surface area contributed by atoms with E-state index in [1.165, 1.54) is 47.3 Å². The maximum Gasteiger partial charge on any atom is 0.416 e. The van der Waals surface area contributed by atoms with E-state index >= 15 is 0 Å². The molecule has 0 radical (unpaired) electrons. The highest BCUT2D eigenvalue weighted by atomic mass is 35.5. The molecule has 4 nitrogen and oxygen atoms in total. The number of carbonyl (C=O) groups is 1. The largest absolute Gasteiger partial charge is 0.416 e. The van der Waals surface area contributed by atoms with Crippen LogP contribution in [0.2, 0.25) is 5.02 Å². The minimum absolute atomic E-state index is 0.0480. The van der Waals surface area contributed by atoms with E-state index in [9.17, 15) is 22.8 Å². The van der Waals surface area contributed by atoms with Gasteiger partial charge in [0.1, 0.15) is 6.54 Å². The summed E-state index contributed by atoms with van der Waals surface area (Å²) < 4.78 is 40.7. The van der Waals surface area contributed by atoms with Gasteiger partial charge in [-0.15, -0.1) is 11.8 Å². The predicted octanol–water partition coefficient (Wildman–Crippen LogP) is 6.87. The highest BCUT2D eigenvalue weighted by Gasteiger charge is 2.55. The molecule has 10 heteroatoms. The number of fused-ring (bicyclic) bond motifs is 6. The normalized spacial score (nSPS) is 26.5. The molecule has 0 spiro atoms. The molecule has 0 saturated heterocycles. The van der Waals surface area contributed by atoms with Gasteiger partial charge in [-0.25, -0.2) is 0 Å². The zero-order valence-electron chi connectivity index (χ0n) is 18.9. The summed E-state index contributed by atoms with van der Waals surface area (Å²) in [6.07, 6.45) is -0.914. The Morgan fingerprint density at radius 3 is 2.61 bits per heavy atom. The van der Waals surface area contributed by atoms with Gasteiger partial charge in [-0.3, -0.25) is 14.2 Å². The molecule has 188 valence electrons. The van der Waals surface area contributed by atoms with Crippen LogP contribution in [-0.2, 0) is 17.5 Å². The Morgan fingerprint density at radius 1 is 1.11 bits per heavy atom. The Labute approximate surface area is 218 Å². The molecule has 2 aromatic carbocycles. The Morgan fingerprint density at radius 2 is 1.86 bits per heavy atom. The number of benzene rings is 2. The number of halogens is 4. The van der Waals surface area contributed by atoms with Crippen LogP contribution in [0.5, 0.6) is 0 Å². The van der Waals surface area contributed by atoms with Crippen LogP contribution in [0.4, 0.5) is 18.9 Å². The molecule has 2 saturated carbocycles. The van der Waals surface area contributed by atoms with Crippen LogP contribution in [0, 0.1) is 17.8 Å². The predicted molar refractivity (Wildman–Crippen MR) is 136 cm³/mol. The monoisotopic (exact) mass is 550 g/mol. The highest BCUT2D eigenvalue weighted by Crippen LogP contribution is 2.64. The zero-order chi connectivity index (χ0) is 25.2. The van der Waals surface area contributed by atoms with Crippen LogP contribution < -0.4 is 10.2 Å². The molecule has 2 bridgehead atoms. The Bertz CT molecular complexity index is 1390. The first-order valence-corrected chi connectivity index (χ1v) is 13.9. The number of aromatic nitrogens is 1. The molecule has 2 heterocycles. The van der Waals surface area contributed by atoms with Gasteiger partial charge in [-0.1, -0.05) is 41.1 Å². The van der Waals surface area contributed by atoms with Crippen LogP contribution in [-0.4, -0.2) is 15.7 Å². The van der Waals surface area contributed by atoms with Gasteiger partial charge in [0.15, 0.2) is 0 Å². The van der Waals surface area contributed by atoms with Crippen LogP contribution in [0.1, 0.15) is 41.2 Å². The third-order valence-electron chi connectivity index (χ3n) is 7.70. The molecular weight excluding hydrogens is 529 g/mol. The minimum Gasteiger partial charge on any atom is -0.325 e. The second-order valence-corrected chi connectivity index (χ2v) is 12.4. The molecule has 4 unspecified atom stereocenters. The van der Waals surface area contributed by atoms with Crippen LogP contribution >= 0.6 is 34.7 Å². The Kier molecular flexibility index (Phi) is 6.00. The number of rotatable bonds is 4. The van der Waals surface area contributed by atoms with E-state index in [-0.39, 0.29) is 23.0 Å². The van der Waals surface area contributed by atoms with Crippen molar-refractivity contribution < 1.29 is 18.0 Å². The summed E-state index contributed by atoms with van der Waals surface area (Å²) in [7, 11) is 0. The molecule has 1 aliphatic heterocycles. The highest BCUT2D eigenvalue weighted by molar-refractivity contribution is 8.00. The van der Waals surface area contributed by atoms with Gasteiger partial charge in [0.05, 0.1) is 10.6 Å². The number of thioether (sulfide) groups is 1. The van der Waals surface area contributed by atoms with Gasteiger partial charge in [0.2, 0.25) is 5.91 Å². The smallest absolute Gasteiger partial charge is 0.325 e. The second kappa shape index (κ2) is 8.96. The Hall–Kier alpha value is -2.23. The fourth-order valence-corrected chi connectivity index (χ4v) is 9.52. The van der Waals surface area contributed by atoms with Gasteiger partial charge in [-0.05, 0) is 72.9 Å². The number of hydrogen-bond donors (Lipinski definition) is 1. The van der Waals surface area contributed by atoms with Gasteiger partial charge >= 0.3 is 11.0 Å². The van der Waals surface area contributed by atoms with Crippen molar-refractivity contribution in [1.29, 1.82) is 0 Å². The standard InChI is InChI=1S/C26H22ClF3N2O2S2/c27-17-8-6-13(7-9-17)20-21-14-4-5-15(10-14)22(21)35-24-23(20)36-25(34)32(24)12-19(33)31-18-3-1-2-16(11-18)26(28,29)30/h1-3,6-9,11,14-15,20-22H,4-5,10,12H2,(H,31,33)/t14?,15?,20-,21?,22?/m1/s1.